The van der Waals surface area contributed by atoms with E-state index in [4.69, 9.17) is 0 Å². The minimum Gasteiger partial charge on any atom is -0.322 e. The molecular weight excluding hydrogens is 363 g/mol. The van der Waals surface area contributed by atoms with E-state index in [1.807, 2.05) is 12.2 Å². The predicted molar refractivity (Wildman–Crippen MR) is 89.6 cm³/mol. The molecule has 0 saturated carbocycles. The third-order valence-electron chi connectivity index (χ3n) is 4.70. The van der Waals surface area contributed by atoms with Crippen molar-refractivity contribution in [2.24, 2.45) is 11.8 Å². The number of likely N-dealkylation sites (tertiary alicyclic amines) is 1. The Bertz CT molecular complexity index is 802. The van der Waals surface area contributed by atoms with Gasteiger partial charge in [-0.05, 0) is 32.0 Å². The van der Waals surface area contributed by atoms with Gasteiger partial charge < -0.3 is 5.32 Å². The second-order valence-corrected chi connectivity index (χ2v) is 6.69. The van der Waals surface area contributed by atoms with Crippen molar-refractivity contribution in [1.29, 1.82) is 0 Å². The Kier molecular flexibility index (Phi) is 5.31. The average molecular weight is 381 g/mol. The lowest BCUT2D eigenvalue weighted by Gasteiger charge is -2.22. The fourth-order valence-corrected chi connectivity index (χ4v) is 3.36. The van der Waals surface area contributed by atoms with Crippen LogP contribution in [0.25, 0.3) is 0 Å². The van der Waals surface area contributed by atoms with Gasteiger partial charge in [-0.25, -0.2) is 13.2 Å². The second-order valence-electron chi connectivity index (χ2n) is 6.69. The average Bonchev–Trinajstić information content (AvgIpc) is 2.87. The minimum atomic E-state index is -1.68. The van der Waals surface area contributed by atoms with Gasteiger partial charge in [-0.2, -0.15) is 0 Å². The Morgan fingerprint density at radius 3 is 2.30 bits per heavy atom. The summed E-state index contributed by atoms with van der Waals surface area (Å²) in [5, 5.41) is 2.15. The molecule has 144 valence electrons. The highest BCUT2D eigenvalue weighted by atomic mass is 19.2. The molecule has 0 unspecified atom stereocenters. The molecule has 2 atom stereocenters. The summed E-state index contributed by atoms with van der Waals surface area (Å²) in [6, 6.07) is 1.62. The van der Waals surface area contributed by atoms with Crippen LogP contribution in [0.15, 0.2) is 24.3 Å². The molecule has 0 aromatic heterocycles. The van der Waals surface area contributed by atoms with Crippen LogP contribution in [0.1, 0.15) is 12.8 Å². The number of rotatable bonds is 5. The van der Waals surface area contributed by atoms with Crippen molar-refractivity contribution in [1.82, 2.24) is 9.80 Å². The van der Waals surface area contributed by atoms with Crippen molar-refractivity contribution in [2.75, 3.05) is 25.6 Å². The normalized spacial score (nSPS) is 21.7. The van der Waals surface area contributed by atoms with E-state index in [0.29, 0.717) is 18.9 Å². The number of nitrogens with zero attached hydrogens (tertiary/aromatic N) is 2. The van der Waals surface area contributed by atoms with E-state index >= 15 is 0 Å². The van der Waals surface area contributed by atoms with Crippen LogP contribution >= 0.6 is 0 Å². The van der Waals surface area contributed by atoms with Crippen LogP contribution in [0.4, 0.5) is 18.9 Å². The first-order valence-corrected chi connectivity index (χ1v) is 8.41. The highest BCUT2D eigenvalue weighted by Gasteiger charge is 2.47. The smallest absolute Gasteiger partial charge is 0.238 e. The van der Waals surface area contributed by atoms with E-state index in [2.05, 4.69) is 5.32 Å². The third kappa shape index (κ3) is 3.73. The van der Waals surface area contributed by atoms with Crippen LogP contribution in [0.3, 0.4) is 0 Å². The molecule has 1 N–H and O–H groups in total. The molecule has 1 saturated heterocycles. The van der Waals surface area contributed by atoms with Crippen molar-refractivity contribution in [2.45, 2.75) is 12.8 Å². The summed E-state index contributed by atoms with van der Waals surface area (Å²) in [5.41, 5.74) is -0.488. The second kappa shape index (κ2) is 7.51. The molecule has 1 aromatic rings. The van der Waals surface area contributed by atoms with Gasteiger partial charge in [-0.3, -0.25) is 24.2 Å². The van der Waals surface area contributed by atoms with E-state index in [-0.39, 0.29) is 36.9 Å². The molecule has 0 bridgehead atoms. The van der Waals surface area contributed by atoms with Gasteiger partial charge in [0.2, 0.25) is 17.7 Å². The van der Waals surface area contributed by atoms with Crippen LogP contribution < -0.4 is 5.32 Å². The summed E-state index contributed by atoms with van der Waals surface area (Å²) < 4.78 is 39.7. The fourth-order valence-electron chi connectivity index (χ4n) is 3.36. The number of halogens is 3. The quantitative estimate of drug-likeness (QED) is 0.480. The number of anilines is 1. The molecule has 1 aromatic carbocycles. The van der Waals surface area contributed by atoms with Gasteiger partial charge in [0.15, 0.2) is 17.5 Å². The molecule has 27 heavy (non-hydrogen) atoms. The lowest BCUT2D eigenvalue weighted by Crippen LogP contribution is -2.43. The standard InChI is InChI=1S/C18H18F3N3O3/c1-23(8-14(25)22-13-7-6-12(19)15(20)16(13)21)9-24-17(26)10-4-2-3-5-11(10)18(24)27/h2-3,6-7,10-11H,4-5,8-9H2,1H3,(H,22,25)/t10-,11-/m1/s1. The SMILES string of the molecule is CN(CC(=O)Nc1ccc(F)c(F)c1F)CN1C(=O)[C@@H]2CC=CC[C@H]2C1=O. The number of imide groups is 1. The first kappa shape index (κ1) is 19.1. The Labute approximate surface area is 153 Å². The zero-order valence-corrected chi connectivity index (χ0v) is 14.5. The molecule has 2 aliphatic rings. The number of allylic oxidation sites excluding steroid dienone is 2. The molecule has 0 spiro atoms. The molecule has 6 nitrogen and oxygen atoms in total. The number of carbonyl (C=O) groups is 3. The molecule has 0 radical (unpaired) electrons. The Balaban J connectivity index is 1.59. The Morgan fingerprint density at radius 2 is 1.70 bits per heavy atom. The molecule has 3 rings (SSSR count). The van der Waals surface area contributed by atoms with Crippen molar-refractivity contribution in [3.63, 3.8) is 0 Å². The van der Waals surface area contributed by atoms with Gasteiger partial charge >= 0.3 is 0 Å². The maximum atomic E-state index is 13.6. The number of fused-ring (bicyclic) bond motifs is 1. The summed E-state index contributed by atoms with van der Waals surface area (Å²) in [5.74, 6) is -6.48. The van der Waals surface area contributed by atoms with Gasteiger partial charge in [-0.15, -0.1) is 0 Å². The summed E-state index contributed by atoms with van der Waals surface area (Å²) in [6.45, 7) is -0.360. The predicted octanol–water partition coefficient (Wildman–Crippen LogP) is 1.88. The number of hydrogen-bond donors (Lipinski definition) is 1. The van der Waals surface area contributed by atoms with Gasteiger partial charge in [0, 0.05) is 0 Å². The van der Waals surface area contributed by atoms with Gasteiger partial charge in [-0.1, -0.05) is 12.2 Å². The fraction of sp³-hybridized carbons (Fsp3) is 0.389. The summed E-state index contributed by atoms with van der Waals surface area (Å²) in [6.07, 6.45) is 4.80. The molecule has 1 heterocycles. The van der Waals surface area contributed by atoms with Crippen LogP contribution in [0, 0.1) is 29.3 Å². The molecular formula is C18H18F3N3O3. The van der Waals surface area contributed by atoms with Crippen molar-refractivity contribution >= 4 is 23.4 Å². The van der Waals surface area contributed by atoms with Crippen LogP contribution in [-0.4, -0.2) is 47.8 Å². The summed E-state index contributed by atoms with van der Waals surface area (Å²) in [7, 11) is 1.52. The highest BCUT2D eigenvalue weighted by molar-refractivity contribution is 6.05. The van der Waals surface area contributed by atoms with Crippen LogP contribution in [-0.2, 0) is 14.4 Å². The number of benzene rings is 1. The first-order valence-electron chi connectivity index (χ1n) is 8.41. The Morgan fingerprint density at radius 1 is 1.11 bits per heavy atom. The molecule has 1 aliphatic heterocycles. The lowest BCUT2D eigenvalue weighted by molar-refractivity contribution is -0.142. The van der Waals surface area contributed by atoms with E-state index in [1.165, 1.54) is 11.9 Å². The van der Waals surface area contributed by atoms with Crippen molar-refractivity contribution in [3.05, 3.63) is 41.7 Å². The van der Waals surface area contributed by atoms with Crippen LogP contribution in [0.2, 0.25) is 0 Å². The van der Waals surface area contributed by atoms with E-state index in [1.54, 1.807) is 0 Å². The first-order chi connectivity index (χ1) is 12.8. The number of hydrogen-bond acceptors (Lipinski definition) is 4. The maximum Gasteiger partial charge on any atom is 0.238 e. The monoisotopic (exact) mass is 381 g/mol. The van der Waals surface area contributed by atoms with Gasteiger partial charge in [0.1, 0.15) is 0 Å². The van der Waals surface area contributed by atoms with E-state index in [9.17, 15) is 27.6 Å². The zero-order chi connectivity index (χ0) is 19.7. The van der Waals surface area contributed by atoms with Crippen molar-refractivity contribution in [3.8, 4) is 0 Å². The lowest BCUT2D eigenvalue weighted by atomic mass is 9.85. The number of nitrogens with one attached hydrogen (secondary N) is 1. The van der Waals surface area contributed by atoms with E-state index < -0.39 is 29.0 Å². The summed E-state index contributed by atoms with van der Waals surface area (Å²) >= 11 is 0. The number of likely N-dealkylation sites (N-methyl/N-ethyl adjacent to an activating group) is 1. The zero-order valence-electron chi connectivity index (χ0n) is 14.5. The third-order valence-corrected chi connectivity index (χ3v) is 4.70. The van der Waals surface area contributed by atoms with Crippen molar-refractivity contribution < 1.29 is 27.6 Å². The molecule has 3 amide bonds. The molecule has 1 fully saturated rings. The summed E-state index contributed by atoms with van der Waals surface area (Å²) in [4.78, 5) is 39.3. The topological polar surface area (TPSA) is 69.7 Å². The maximum absolute atomic E-state index is 13.6. The Hall–Kier alpha value is -2.68. The molecule has 1 aliphatic carbocycles. The van der Waals surface area contributed by atoms with Crippen LogP contribution in [0.5, 0.6) is 0 Å². The van der Waals surface area contributed by atoms with E-state index in [0.717, 1.165) is 11.0 Å². The number of carbonyl (C=O) groups excluding carboxylic acids is 3. The highest BCUT2D eigenvalue weighted by Crippen LogP contribution is 2.34. The largest absolute Gasteiger partial charge is 0.322 e. The number of amides is 3. The van der Waals surface area contributed by atoms with Gasteiger partial charge in [0.05, 0.1) is 30.7 Å². The van der Waals surface area contributed by atoms with Gasteiger partial charge in [0.25, 0.3) is 0 Å². The molecule has 9 heteroatoms. The minimum absolute atomic E-state index is 0.0850.